The van der Waals surface area contributed by atoms with Crippen molar-refractivity contribution in [3.63, 3.8) is 0 Å². The number of fused-ring (bicyclic) bond motifs is 1. The average molecular weight is 245 g/mol. The molecule has 1 aromatic heterocycles. The summed E-state index contributed by atoms with van der Waals surface area (Å²) in [5.74, 6) is 1.09. The van der Waals surface area contributed by atoms with Gasteiger partial charge in [0.1, 0.15) is 5.82 Å². The normalized spacial score (nSPS) is 23.2. The topological polar surface area (TPSA) is 39.1 Å². The first-order valence-electron chi connectivity index (χ1n) is 6.44. The van der Waals surface area contributed by atoms with Gasteiger partial charge in [-0.05, 0) is 25.0 Å². The van der Waals surface area contributed by atoms with Crippen LogP contribution in [-0.2, 0) is 18.3 Å². The summed E-state index contributed by atoms with van der Waals surface area (Å²) in [6, 6.07) is 8.83. The molecular formula is C14H19N3O. The van der Waals surface area contributed by atoms with Gasteiger partial charge in [-0.25, -0.2) is 4.98 Å². The van der Waals surface area contributed by atoms with Crippen molar-refractivity contribution < 1.29 is 4.74 Å². The van der Waals surface area contributed by atoms with E-state index < -0.39 is 0 Å². The Balaban J connectivity index is 1.66. The molecule has 0 aliphatic heterocycles. The fourth-order valence-electron chi connectivity index (χ4n) is 2.51. The number of imidazole rings is 1. The maximum absolute atomic E-state index is 5.28. The number of aromatic nitrogens is 2. The molecule has 1 aliphatic rings. The highest BCUT2D eigenvalue weighted by Crippen LogP contribution is 2.23. The molecule has 0 spiro atoms. The number of benzene rings is 1. The first-order chi connectivity index (χ1) is 8.78. The van der Waals surface area contributed by atoms with E-state index in [2.05, 4.69) is 40.1 Å². The molecule has 0 bridgehead atoms. The number of rotatable bonds is 4. The van der Waals surface area contributed by atoms with Crippen LogP contribution in [0.1, 0.15) is 18.7 Å². The van der Waals surface area contributed by atoms with Crippen molar-refractivity contribution in [2.24, 2.45) is 7.05 Å². The smallest absolute Gasteiger partial charge is 0.123 e. The third kappa shape index (κ3) is 2.02. The number of methoxy groups -OCH3 is 1. The van der Waals surface area contributed by atoms with Gasteiger partial charge in [-0.15, -0.1) is 0 Å². The summed E-state index contributed by atoms with van der Waals surface area (Å²) in [5, 5.41) is 3.54. The first-order valence-corrected chi connectivity index (χ1v) is 6.44. The van der Waals surface area contributed by atoms with Crippen LogP contribution in [0, 0.1) is 0 Å². The molecule has 1 heterocycles. The lowest BCUT2D eigenvalue weighted by atomic mass is 9.89. The third-order valence-electron chi connectivity index (χ3n) is 3.86. The summed E-state index contributed by atoms with van der Waals surface area (Å²) >= 11 is 0. The number of nitrogens with zero attached hydrogens (tertiary/aromatic N) is 2. The van der Waals surface area contributed by atoms with Crippen LogP contribution in [0.2, 0.25) is 0 Å². The highest BCUT2D eigenvalue weighted by atomic mass is 16.5. The zero-order valence-electron chi connectivity index (χ0n) is 10.9. The summed E-state index contributed by atoms with van der Waals surface area (Å²) in [6.07, 6.45) is 2.67. The van der Waals surface area contributed by atoms with Crippen molar-refractivity contribution in [3.8, 4) is 0 Å². The Hall–Kier alpha value is -1.39. The van der Waals surface area contributed by atoms with Gasteiger partial charge in [0.15, 0.2) is 0 Å². The van der Waals surface area contributed by atoms with Crippen molar-refractivity contribution in [1.82, 2.24) is 14.9 Å². The van der Waals surface area contributed by atoms with E-state index in [1.165, 1.54) is 5.52 Å². The van der Waals surface area contributed by atoms with Crippen LogP contribution in [0.4, 0.5) is 0 Å². The van der Waals surface area contributed by atoms with Crippen molar-refractivity contribution in [2.75, 3.05) is 7.11 Å². The quantitative estimate of drug-likeness (QED) is 0.893. The second-order valence-corrected chi connectivity index (χ2v) is 4.98. The first kappa shape index (κ1) is 11.7. The Morgan fingerprint density at radius 2 is 2.17 bits per heavy atom. The second-order valence-electron chi connectivity index (χ2n) is 4.98. The molecule has 0 saturated heterocycles. The molecule has 18 heavy (non-hydrogen) atoms. The molecule has 2 aromatic rings. The van der Waals surface area contributed by atoms with E-state index in [4.69, 9.17) is 4.74 Å². The molecule has 0 amide bonds. The van der Waals surface area contributed by atoms with Crippen LogP contribution >= 0.6 is 0 Å². The standard InChI is InChI=1S/C14H19N3O/c1-17-13-6-4-3-5-12(13)16-14(17)9-15-10-7-11(8-10)18-2/h3-6,10-11,15H,7-9H2,1-2H3. The number of aryl methyl sites for hydroxylation is 1. The fourth-order valence-corrected chi connectivity index (χ4v) is 2.51. The van der Waals surface area contributed by atoms with Gasteiger partial charge in [0.2, 0.25) is 0 Å². The SMILES string of the molecule is COC1CC(NCc2nc3ccccc3n2C)C1. The molecule has 1 aliphatic carbocycles. The van der Waals surface area contributed by atoms with Gasteiger partial charge in [-0.2, -0.15) is 0 Å². The van der Waals surface area contributed by atoms with Crippen molar-refractivity contribution in [3.05, 3.63) is 30.1 Å². The minimum Gasteiger partial charge on any atom is -0.381 e. The molecule has 4 nitrogen and oxygen atoms in total. The van der Waals surface area contributed by atoms with Crippen LogP contribution in [0.25, 0.3) is 11.0 Å². The molecule has 0 unspecified atom stereocenters. The molecule has 3 rings (SSSR count). The van der Waals surface area contributed by atoms with E-state index in [1.54, 1.807) is 7.11 Å². The van der Waals surface area contributed by atoms with Crippen LogP contribution in [0.5, 0.6) is 0 Å². The minimum atomic E-state index is 0.447. The van der Waals surface area contributed by atoms with E-state index in [0.717, 1.165) is 30.7 Å². The van der Waals surface area contributed by atoms with E-state index in [1.807, 2.05) is 6.07 Å². The maximum atomic E-state index is 5.28. The Labute approximate surface area is 107 Å². The van der Waals surface area contributed by atoms with E-state index in [0.29, 0.717) is 12.1 Å². The van der Waals surface area contributed by atoms with Gasteiger partial charge in [0.05, 0.1) is 23.7 Å². The molecule has 0 radical (unpaired) electrons. The van der Waals surface area contributed by atoms with Crippen molar-refractivity contribution in [2.45, 2.75) is 31.5 Å². The lowest BCUT2D eigenvalue weighted by molar-refractivity contribution is 0.0168. The number of nitrogens with one attached hydrogen (secondary N) is 1. The Morgan fingerprint density at radius 3 is 2.89 bits per heavy atom. The van der Waals surface area contributed by atoms with E-state index >= 15 is 0 Å². The van der Waals surface area contributed by atoms with Crippen LogP contribution < -0.4 is 5.32 Å². The predicted molar refractivity (Wildman–Crippen MR) is 71.4 cm³/mol. The summed E-state index contributed by atoms with van der Waals surface area (Å²) in [7, 11) is 3.86. The Kier molecular flexibility index (Phi) is 3.06. The van der Waals surface area contributed by atoms with E-state index in [9.17, 15) is 0 Å². The molecule has 1 aromatic carbocycles. The highest BCUT2D eigenvalue weighted by Gasteiger charge is 2.28. The van der Waals surface area contributed by atoms with Crippen LogP contribution in [0.15, 0.2) is 24.3 Å². The summed E-state index contributed by atoms with van der Waals surface area (Å²) < 4.78 is 7.44. The number of para-hydroxylation sites is 2. The van der Waals surface area contributed by atoms with Gasteiger partial charge < -0.3 is 14.6 Å². The number of hydrogen-bond acceptors (Lipinski definition) is 3. The van der Waals surface area contributed by atoms with Gasteiger partial charge in [0, 0.05) is 20.2 Å². The second kappa shape index (κ2) is 4.71. The summed E-state index contributed by atoms with van der Waals surface area (Å²) in [6.45, 7) is 0.826. The lowest BCUT2D eigenvalue weighted by Crippen LogP contribution is -2.44. The van der Waals surface area contributed by atoms with Gasteiger partial charge in [0.25, 0.3) is 0 Å². The number of hydrogen-bond donors (Lipinski definition) is 1. The molecule has 96 valence electrons. The zero-order valence-corrected chi connectivity index (χ0v) is 10.9. The predicted octanol–water partition coefficient (Wildman–Crippen LogP) is 1.84. The molecule has 1 saturated carbocycles. The van der Waals surface area contributed by atoms with E-state index in [-0.39, 0.29) is 0 Å². The Bertz CT molecular complexity index is 543. The maximum Gasteiger partial charge on any atom is 0.123 e. The van der Waals surface area contributed by atoms with Gasteiger partial charge in [-0.1, -0.05) is 12.1 Å². The lowest BCUT2D eigenvalue weighted by Gasteiger charge is -2.34. The van der Waals surface area contributed by atoms with Crippen LogP contribution in [0.3, 0.4) is 0 Å². The average Bonchev–Trinajstić information content (AvgIpc) is 2.66. The molecule has 0 atom stereocenters. The molecule has 1 N–H and O–H groups in total. The largest absolute Gasteiger partial charge is 0.381 e. The molecule has 1 fully saturated rings. The molecular weight excluding hydrogens is 226 g/mol. The number of ether oxygens (including phenoxy) is 1. The molecule has 4 heteroatoms. The fraction of sp³-hybridized carbons (Fsp3) is 0.500. The van der Waals surface area contributed by atoms with Crippen molar-refractivity contribution >= 4 is 11.0 Å². The summed E-state index contributed by atoms with van der Waals surface area (Å²) in [5.41, 5.74) is 2.26. The van der Waals surface area contributed by atoms with Gasteiger partial charge in [-0.3, -0.25) is 0 Å². The Morgan fingerprint density at radius 1 is 1.39 bits per heavy atom. The minimum absolute atomic E-state index is 0.447. The van der Waals surface area contributed by atoms with Gasteiger partial charge >= 0.3 is 0 Å². The monoisotopic (exact) mass is 245 g/mol. The van der Waals surface area contributed by atoms with Crippen LogP contribution in [-0.4, -0.2) is 28.8 Å². The zero-order chi connectivity index (χ0) is 12.5. The third-order valence-corrected chi connectivity index (χ3v) is 3.86. The van der Waals surface area contributed by atoms with Crippen molar-refractivity contribution in [1.29, 1.82) is 0 Å². The highest BCUT2D eigenvalue weighted by molar-refractivity contribution is 5.75. The summed E-state index contributed by atoms with van der Waals surface area (Å²) in [4.78, 5) is 4.65.